The zero-order chi connectivity index (χ0) is 8.10. The van der Waals surface area contributed by atoms with Crippen molar-refractivity contribution in [2.75, 3.05) is 26.2 Å². The lowest BCUT2D eigenvalue weighted by Crippen LogP contribution is -2.34. The molecule has 1 saturated heterocycles. The molecule has 1 aliphatic rings. The van der Waals surface area contributed by atoms with E-state index < -0.39 is 0 Å². The van der Waals surface area contributed by atoms with E-state index in [2.05, 4.69) is 23.7 Å². The molecule has 0 aromatic rings. The van der Waals surface area contributed by atoms with Crippen molar-refractivity contribution in [1.29, 1.82) is 0 Å². The minimum absolute atomic E-state index is 0.503. The molecule has 0 aliphatic carbocycles. The van der Waals surface area contributed by atoms with E-state index in [1.165, 1.54) is 6.26 Å². The van der Waals surface area contributed by atoms with Gasteiger partial charge in [-0.2, -0.15) is 0 Å². The fraction of sp³-hybridized carbons (Fsp3) is 0.750. The van der Waals surface area contributed by atoms with E-state index in [-0.39, 0.29) is 0 Å². The van der Waals surface area contributed by atoms with Gasteiger partial charge in [0.15, 0.2) is 0 Å². The van der Waals surface area contributed by atoms with Crippen LogP contribution in [-0.2, 0) is 4.74 Å². The van der Waals surface area contributed by atoms with Crippen LogP contribution < -0.4 is 5.32 Å². The molecule has 1 fully saturated rings. The first kappa shape index (κ1) is 8.56. The second-order valence-corrected chi connectivity index (χ2v) is 2.70. The monoisotopic (exact) mass is 156 g/mol. The van der Waals surface area contributed by atoms with Crippen molar-refractivity contribution in [1.82, 2.24) is 10.2 Å². The molecule has 3 nitrogen and oxygen atoms in total. The van der Waals surface area contributed by atoms with Crippen LogP contribution in [0.2, 0.25) is 0 Å². The highest BCUT2D eigenvalue weighted by atomic mass is 16.5. The molecule has 0 saturated carbocycles. The number of hydrogen-bond acceptors (Lipinski definition) is 3. The van der Waals surface area contributed by atoms with Gasteiger partial charge in [0.05, 0.1) is 19.0 Å². The fourth-order valence-corrected chi connectivity index (χ4v) is 1.30. The Hall–Kier alpha value is -0.540. The van der Waals surface area contributed by atoms with E-state index in [9.17, 15) is 0 Å². The Morgan fingerprint density at radius 3 is 3.18 bits per heavy atom. The van der Waals surface area contributed by atoms with Gasteiger partial charge in [-0.15, -0.1) is 0 Å². The van der Waals surface area contributed by atoms with Gasteiger partial charge in [0, 0.05) is 19.6 Å². The van der Waals surface area contributed by atoms with Crippen LogP contribution in [0.4, 0.5) is 0 Å². The third kappa shape index (κ3) is 2.52. The van der Waals surface area contributed by atoms with E-state index in [0.717, 1.165) is 26.2 Å². The maximum absolute atomic E-state index is 5.04. The van der Waals surface area contributed by atoms with Crippen LogP contribution in [0.15, 0.2) is 12.8 Å². The number of ether oxygens (including phenoxy) is 1. The Bertz CT molecular complexity index is 127. The van der Waals surface area contributed by atoms with Crippen LogP contribution in [0.3, 0.4) is 0 Å². The summed E-state index contributed by atoms with van der Waals surface area (Å²) in [5.41, 5.74) is 0. The lowest BCUT2D eigenvalue weighted by Gasteiger charge is -2.19. The van der Waals surface area contributed by atoms with E-state index in [4.69, 9.17) is 4.74 Å². The standard InChI is InChI=1S/C8H16N2O/c1-3-11-7-6-10-5-4-9-8(10)2/h3,8-9H,1,4-7H2,2H3. The first-order chi connectivity index (χ1) is 5.34. The summed E-state index contributed by atoms with van der Waals surface area (Å²) in [5.74, 6) is 0. The summed E-state index contributed by atoms with van der Waals surface area (Å²) in [6.45, 7) is 9.61. The third-order valence-corrected chi connectivity index (χ3v) is 2.00. The first-order valence-electron chi connectivity index (χ1n) is 4.04. The van der Waals surface area contributed by atoms with Crippen molar-refractivity contribution in [3.05, 3.63) is 12.8 Å². The molecular formula is C8H16N2O. The maximum atomic E-state index is 5.04. The van der Waals surface area contributed by atoms with Crippen LogP contribution in [0.1, 0.15) is 6.92 Å². The van der Waals surface area contributed by atoms with Crippen molar-refractivity contribution in [3.8, 4) is 0 Å². The van der Waals surface area contributed by atoms with Crippen LogP contribution in [0.25, 0.3) is 0 Å². The van der Waals surface area contributed by atoms with Crippen molar-refractivity contribution >= 4 is 0 Å². The van der Waals surface area contributed by atoms with Gasteiger partial charge in [0.25, 0.3) is 0 Å². The zero-order valence-corrected chi connectivity index (χ0v) is 7.05. The highest BCUT2D eigenvalue weighted by Gasteiger charge is 2.17. The number of nitrogens with one attached hydrogen (secondary N) is 1. The average molecular weight is 156 g/mol. The van der Waals surface area contributed by atoms with Gasteiger partial charge in [-0.05, 0) is 6.92 Å². The molecule has 1 unspecified atom stereocenters. The molecule has 1 heterocycles. The second-order valence-electron chi connectivity index (χ2n) is 2.70. The molecule has 1 N–H and O–H groups in total. The molecule has 0 spiro atoms. The summed E-state index contributed by atoms with van der Waals surface area (Å²) in [7, 11) is 0. The Labute approximate surface area is 68.0 Å². The highest BCUT2D eigenvalue weighted by molar-refractivity contribution is 4.73. The van der Waals surface area contributed by atoms with E-state index in [0.29, 0.717) is 6.17 Å². The number of hydrogen-bond donors (Lipinski definition) is 1. The summed E-state index contributed by atoms with van der Waals surface area (Å²) >= 11 is 0. The molecule has 1 rings (SSSR count). The highest BCUT2D eigenvalue weighted by Crippen LogP contribution is 2.00. The fourth-order valence-electron chi connectivity index (χ4n) is 1.30. The van der Waals surface area contributed by atoms with Crippen molar-refractivity contribution in [2.45, 2.75) is 13.1 Å². The molecule has 0 aromatic heterocycles. The van der Waals surface area contributed by atoms with Gasteiger partial charge < -0.3 is 10.1 Å². The minimum Gasteiger partial charge on any atom is -0.500 e. The van der Waals surface area contributed by atoms with Crippen LogP contribution in [0, 0.1) is 0 Å². The molecule has 0 aromatic carbocycles. The largest absolute Gasteiger partial charge is 0.500 e. The van der Waals surface area contributed by atoms with Crippen LogP contribution >= 0.6 is 0 Å². The summed E-state index contributed by atoms with van der Waals surface area (Å²) in [6, 6.07) is 0. The normalized spacial score (nSPS) is 25.4. The van der Waals surface area contributed by atoms with Gasteiger partial charge in [0.1, 0.15) is 0 Å². The zero-order valence-electron chi connectivity index (χ0n) is 7.05. The van der Waals surface area contributed by atoms with Gasteiger partial charge in [-0.1, -0.05) is 6.58 Å². The lowest BCUT2D eigenvalue weighted by atomic mass is 10.5. The third-order valence-electron chi connectivity index (χ3n) is 2.00. The number of rotatable bonds is 4. The van der Waals surface area contributed by atoms with E-state index >= 15 is 0 Å². The van der Waals surface area contributed by atoms with Crippen molar-refractivity contribution in [2.24, 2.45) is 0 Å². The second kappa shape index (κ2) is 4.36. The Morgan fingerprint density at radius 1 is 1.82 bits per heavy atom. The van der Waals surface area contributed by atoms with Crippen LogP contribution in [0.5, 0.6) is 0 Å². The molecule has 1 atom stereocenters. The Morgan fingerprint density at radius 2 is 2.64 bits per heavy atom. The SMILES string of the molecule is C=COCCN1CCNC1C. The van der Waals surface area contributed by atoms with E-state index in [1.54, 1.807) is 0 Å². The van der Waals surface area contributed by atoms with Gasteiger partial charge >= 0.3 is 0 Å². The summed E-state index contributed by atoms with van der Waals surface area (Å²) in [5, 5.41) is 3.34. The summed E-state index contributed by atoms with van der Waals surface area (Å²) in [4.78, 5) is 2.35. The quantitative estimate of drug-likeness (QED) is 0.471. The summed E-state index contributed by atoms with van der Waals surface area (Å²) < 4.78 is 5.04. The van der Waals surface area contributed by atoms with Crippen molar-refractivity contribution in [3.63, 3.8) is 0 Å². The number of nitrogens with zero attached hydrogens (tertiary/aromatic N) is 1. The average Bonchev–Trinajstić information content (AvgIpc) is 2.37. The molecule has 0 radical (unpaired) electrons. The predicted molar refractivity (Wildman–Crippen MR) is 45.2 cm³/mol. The molecule has 0 bridgehead atoms. The van der Waals surface area contributed by atoms with E-state index in [1.807, 2.05) is 0 Å². The van der Waals surface area contributed by atoms with Gasteiger partial charge in [-0.25, -0.2) is 0 Å². The van der Waals surface area contributed by atoms with Crippen LogP contribution in [-0.4, -0.2) is 37.3 Å². The lowest BCUT2D eigenvalue weighted by molar-refractivity contribution is 0.170. The topological polar surface area (TPSA) is 24.5 Å². The smallest absolute Gasteiger partial charge is 0.1000 e. The summed E-state index contributed by atoms with van der Waals surface area (Å²) in [6.07, 6.45) is 2.00. The molecular weight excluding hydrogens is 140 g/mol. The minimum atomic E-state index is 0.503. The van der Waals surface area contributed by atoms with Gasteiger partial charge in [0.2, 0.25) is 0 Å². The maximum Gasteiger partial charge on any atom is 0.1000 e. The first-order valence-corrected chi connectivity index (χ1v) is 4.04. The predicted octanol–water partition coefficient (Wildman–Crippen LogP) is 0.398. The molecule has 11 heavy (non-hydrogen) atoms. The molecule has 1 aliphatic heterocycles. The van der Waals surface area contributed by atoms with Gasteiger partial charge in [-0.3, -0.25) is 4.90 Å². The molecule has 0 amide bonds. The Kier molecular flexibility index (Phi) is 3.39. The molecule has 3 heteroatoms. The van der Waals surface area contributed by atoms with Crippen molar-refractivity contribution < 1.29 is 4.74 Å². The Balaban J connectivity index is 2.10. The molecule has 64 valence electrons.